The number of pyridine rings is 1. The first-order valence-corrected chi connectivity index (χ1v) is 6.95. The first kappa shape index (κ1) is 13.6. The quantitative estimate of drug-likeness (QED) is 0.785. The molecule has 0 bridgehead atoms. The lowest BCUT2D eigenvalue weighted by molar-refractivity contribution is 0.782. The molecular formula is C16H15ClN4. The highest BCUT2D eigenvalue weighted by Gasteiger charge is 2.17. The second-order valence-corrected chi connectivity index (χ2v) is 5.35. The van der Waals surface area contributed by atoms with Gasteiger partial charge in [-0.25, -0.2) is 0 Å². The molecule has 21 heavy (non-hydrogen) atoms. The van der Waals surface area contributed by atoms with Gasteiger partial charge in [0, 0.05) is 35.6 Å². The van der Waals surface area contributed by atoms with Gasteiger partial charge in [0.25, 0.3) is 0 Å². The molecule has 0 spiro atoms. The molecule has 0 aliphatic carbocycles. The van der Waals surface area contributed by atoms with Crippen LogP contribution in [-0.4, -0.2) is 14.8 Å². The van der Waals surface area contributed by atoms with Gasteiger partial charge >= 0.3 is 0 Å². The van der Waals surface area contributed by atoms with Crippen molar-refractivity contribution in [3.05, 3.63) is 53.3 Å². The summed E-state index contributed by atoms with van der Waals surface area (Å²) in [6.07, 6.45) is 3.53. The van der Waals surface area contributed by atoms with Gasteiger partial charge in [-0.2, -0.15) is 5.10 Å². The van der Waals surface area contributed by atoms with Crippen LogP contribution in [0.5, 0.6) is 0 Å². The Bertz CT molecular complexity index is 794. The fourth-order valence-corrected chi connectivity index (χ4v) is 2.44. The van der Waals surface area contributed by atoms with Gasteiger partial charge in [-0.1, -0.05) is 23.7 Å². The number of halogens is 1. The third kappa shape index (κ3) is 2.38. The van der Waals surface area contributed by atoms with Crippen LogP contribution in [0.2, 0.25) is 5.02 Å². The van der Waals surface area contributed by atoms with Crippen molar-refractivity contribution in [3.63, 3.8) is 0 Å². The maximum absolute atomic E-state index is 6.19. The zero-order valence-corrected chi connectivity index (χ0v) is 12.6. The molecular weight excluding hydrogens is 284 g/mol. The van der Waals surface area contributed by atoms with Crippen LogP contribution in [0.25, 0.3) is 22.4 Å². The summed E-state index contributed by atoms with van der Waals surface area (Å²) in [5.41, 5.74) is 10.9. The molecule has 4 nitrogen and oxygen atoms in total. The molecule has 0 saturated carbocycles. The fraction of sp³-hybridized carbons (Fsp3) is 0.125. The van der Waals surface area contributed by atoms with Crippen molar-refractivity contribution in [3.8, 4) is 22.4 Å². The Kier molecular flexibility index (Phi) is 3.39. The van der Waals surface area contributed by atoms with E-state index in [4.69, 9.17) is 17.3 Å². The van der Waals surface area contributed by atoms with Gasteiger partial charge < -0.3 is 5.73 Å². The third-order valence-corrected chi connectivity index (χ3v) is 3.90. The molecule has 0 saturated heterocycles. The van der Waals surface area contributed by atoms with E-state index in [0.29, 0.717) is 5.82 Å². The van der Waals surface area contributed by atoms with Crippen molar-refractivity contribution in [1.29, 1.82) is 0 Å². The van der Waals surface area contributed by atoms with Crippen molar-refractivity contribution in [2.75, 3.05) is 5.73 Å². The minimum atomic E-state index is 0.616. The number of benzene rings is 1. The van der Waals surface area contributed by atoms with Crippen LogP contribution in [0.4, 0.5) is 5.82 Å². The van der Waals surface area contributed by atoms with Crippen LogP contribution >= 0.6 is 11.6 Å². The molecule has 0 unspecified atom stereocenters. The highest BCUT2D eigenvalue weighted by molar-refractivity contribution is 6.31. The van der Waals surface area contributed by atoms with E-state index in [1.54, 1.807) is 17.1 Å². The first-order valence-electron chi connectivity index (χ1n) is 6.57. The Labute approximate surface area is 128 Å². The number of hydrogen-bond donors (Lipinski definition) is 1. The minimum absolute atomic E-state index is 0.616. The number of aryl methyl sites for hydroxylation is 2. The number of nitrogens with zero attached hydrogens (tertiary/aromatic N) is 3. The number of anilines is 1. The van der Waals surface area contributed by atoms with E-state index in [0.717, 1.165) is 33.0 Å². The normalized spacial score (nSPS) is 10.8. The van der Waals surface area contributed by atoms with Crippen LogP contribution in [0.1, 0.15) is 5.56 Å². The minimum Gasteiger partial charge on any atom is -0.383 e. The Hall–Kier alpha value is -2.33. The van der Waals surface area contributed by atoms with Crippen LogP contribution in [-0.2, 0) is 7.05 Å². The summed E-state index contributed by atoms with van der Waals surface area (Å²) in [6, 6.07) is 9.72. The van der Waals surface area contributed by atoms with Crippen LogP contribution in [0.15, 0.2) is 42.7 Å². The van der Waals surface area contributed by atoms with Gasteiger partial charge in [0.2, 0.25) is 0 Å². The summed E-state index contributed by atoms with van der Waals surface area (Å²) in [4.78, 5) is 4.16. The molecule has 0 aliphatic heterocycles. The molecule has 1 aromatic carbocycles. The van der Waals surface area contributed by atoms with E-state index in [-0.39, 0.29) is 0 Å². The number of nitrogen functional groups attached to an aromatic ring is 1. The predicted molar refractivity (Wildman–Crippen MR) is 86.0 cm³/mol. The lowest BCUT2D eigenvalue weighted by Gasteiger charge is -2.05. The summed E-state index contributed by atoms with van der Waals surface area (Å²) in [5.74, 6) is 0.616. The Morgan fingerprint density at radius 3 is 2.67 bits per heavy atom. The van der Waals surface area contributed by atoms with Gasteiger partial charge in [0.05, 0.1) is 5.56 Å². The summed E-state index contributed by atoms with van der Waals surface area (Å²) < 4.78 is 1.68. The zero-order valence-electron chi connectivity index (χ0n) is 11.8. The Morgan fingerprint density at radius 2 is 2.00 bits per heavy atom. The van der Waals surface area contributed by atoms with Crippen molar-refractivity contribution >= 4 is 17.4 Å². The number of nitrogens with two attached hydrogens (primary N) is 1. The number of hydrogen-bond acceptors (Lipinski definition) is 3. The van der Waals surface area contributed by atoms with Gasteiger partial charge in [-0.15, -0.1) is 0 Å². The van der Waals surface area contributed by atoms with Gasteiger partial charge in [-0.05, 0) is 30.7 Å². The molecule has 0 aliphatic rings. The van der Waals surface area contributed by atoms with Crippen molar-refractivity contribution in [2.24, 2.45) is 7.05 Å². The molecule has 5 heteroatoms. The Morgan fingerprint density at radius 1 is 1.19 bits per heavy atom. The highest BCUT2D eigenvalue weighted by Crippen LogP contribution is 2.36. The first-order chi connectivity index (χ1) is 10.1. The van der Waals surface area contributed by atoms with E-state index >= 15 is 0 Å². The van der Waals surface area contributed by atoms with E-state index in [1.807, 2.05) is 44.3 Å². The summed E-state index contributed by atoms with van der Waals surface area (Å²) in [7, 11) is 1.83. The second kappa shape index (κ2) is 5.22. The largest absolute Gasteiger partial charge is 0.383 e. The van der Waals surface area contributed by atoms with Crippen LogP contribution in [0, 0.1) is 6.92 Å². The number of rotatable bonds is 2. The van der Waals surface area contributed by atoms with Crippen molar-refractivity contribution in [2.45, 2.75) is 6.92 Å². The van der Waals surface area contributed by atoms with Gasteiger partial charge in [0.15, 0.2) is 0 Å². The smallest absolute Gasteiger partial charge is 0.129 e. The summed E-state index contributed by atoms with van der Waals surface area (Å²) >= 11 is 6.10. The zero-order chi connectivity index (χ0) is 15.0. The average molecular weight is 299 g/mol. The molecule has 3 aromatic rings. The summed E-state index contributed by atoms with van der Waals surface area (Å²) in [5, 5.41) is 5.29. The van der Waals surface area contributed by atoms with Gasteiger partial charge in [-0.3, -0.25) is 9.67 Å². The maximum atomic E-state index is 6.19. The fourth-order valence-electron chi connectivity index (χ4n) is 2.33. The topological polar surface area (TPSA) is 56.7 Å². The van der Waals surface area contributed by atoms with E-state index in [9.17, 15) is 0 Å². The maximum Gasteiger partial charge on any atom is 0.129 e. The van der Waals surface area contributed by atoms with Crippen molar-refractivity contribution in [1.82, 2.24) is 14.8 Å². The second-order valence-electron chi connectivity index (χ2n) is 4.94. The molecule has 0 fully saturated rings. The molecule has 2 aromatic heterocycles. The monoisotopic (exact) mass is 298 g/mol. The van der Waals surface area contributed by atoms with Gasteiger partial charge in [0.1, 0.15) is 11.5 Å². The summed E-state index contributed by atoms with van der Waals surface area (Å²) in [6.45, 7) is 1.97. The average Bonchev–Trinajstić information content (AvgIpc) is 2.79. The van der Waals surface area contributed by atoms with Crippen molar-refractivity contribution < 1.29 is 0 Å². The van der Waals surface area contributed by atoms with Crippen LogP contribution in [0.3, 0.4) is 0 Å². The molecule has 3 rings (SSSR count). The SMILES string of the molecule is Cc1cc(-c2nn(C)c(N)c2-c2cccnc2)ccc1Cl. The molecule has 2 heterocycles. The lowest BCUT2D eigenvalue weighted by atomic mass is 10.0. The lowest BCUT2D eigenvalue weighted by Crippen LogP contribution is -1.98. The number of aromatic nitrogens is 3. The molecule has 106 valence electrons. The van der Waals surface area contributed by atoms with E-state index in [2.05, 4.69) is 10.1 Å². The molecule has 0 radical (unpaired) electrons. The predicted octanol–water partition coefficient (Wildman–Crippen LogP) is 3.69. The third-order valence-electron chi connectivity index (χ3n) is 3.47. The molecule has 0 atom stereocenters. The van der Waals surface area contributed by atoms with E-state index in [1.165, 1.54) is 0 Å². The Balaban J connectivity index is 2.24. The highest BCUT2D eigenvalue weighted by atomic mass is 35.5. The molecule has 0 amide bonds. The standard InChI is InChI=1S/C16H15ClN4/c1-10-8-11(5-6-13(10)17)15-14(16(18)21(2)20-15)12-4-3-7-19-9-12/h3-9H,18H2,1-2H3. The van der Waals surface area contributed by atoms with Crippen LogP contribution < -0.4 is 5.73 Å². The van der Waals surface area contributed by atoms with E-state index < -0.39 is 0 Å². The molecule has 2 N–H and O–H groups in total.